The van der Waals surface area contributed by atoms with Crippen LogP contribution in [0.3, 0.4) is 0 Å². The summed E-state index contributed by atoms with van der Waals surface area (Å²) < 4.78 is 10.7. The maximum atomic E-state index is 10.4. The van der Waals surface area contributed by atoms with E-state index in [1.54, 1.807) is 0 Å². The van der Waals surface area contributed by atoms with Gasteiger partial charge in [-0.3, -0.25) is 4.79 Å². The lowest BCUT2D eigenvalue weighted by molar-refractivity contribution is -0.222. The molecule has 0 unspecified atom stereocenters. The van der Waals surface area contributed by atoms with Crippen LogP contribution in [-0.2, 0) is 14.3 Å². The van der Waals surface area contributed by atoms with Gasteiger partial charge in [0.1, 0.15) is 0 Å². The van der Waals surface area contributed by atoms with Crippen molar-refractivity contribution < 1.29 is 14.3 Å². The van der Waals surface area contributed by atoms with Gasteiger partial charge >= 0.3 is 0 Å². The molecule has 1 heterocycles. The van der Waals surface area contributed by atoms with Crippen molar-refractivity contribution in [3.8, 4) is 0 Å². The standard InChI is InChI=1S/C10H16O3/c11-6-9-12-7-10(8-13-9)4-2-1-3-5-10/h6,9H,1-5,7-8H2. The normalized spacial score (nSPS) is 28.9. The molecule has 13 heavy (non-hydrogen) atoms. The highest BCUT2D eigenvalue weighted by atomic mass is 16.7. The lowest BCUT2D eigenvalue weighted by Gasteiger charge is -2.41. The van der Waals surface area contributed by atoms with Gasteiger partial charge in [0.25, 0.3) is 0 Å². The van der Waals surface area contributed by atoms with Gasteiger partial charge in [0.15, 0.2) is 6.29 Å². The Morgan fingerprint density at radius 2 is 1.69 bits per heavy atom. The largest absolute Gasteiger partial charge is 0.346 e. The fourth-order valence-electron chi connectivity index (χ4n) is 2.28. The average molecular weight is 184 g/mol. The molecule has 2 fully saturated rings. The number of rotatable bonds is 1. The minimum atomic E-state index is -0.604. The molecule has 1 aliphatic carbocycles. The van der Waals surface area contributed by atoms with Crippen molar-refractivity contribution in [2.24, 2.45) is 5.41 Å². The van der Waals surface area contributed by atoms with E-state index in [0.717, 1.165) is 6.29 Å². The Labute approximate surface area is 78.4 Å². The van der Waals surface area contributed by atoms with Crippen molar-refractivity contribution in [1.82, 2.24) is 0 Å². The van der Waals surface area contributed by atoms with Gasteiger partial charge in [0, 0.05) is 5.41 Å². The molecule has 0 aromatic rings. The number of carbonyl (C=O) groups excluding carboxylic acids is 1. The molecule has 74 valence electrons. The summed E-state index contributed by atoms with van der Waals surface area (Å²) in [5.41, 5.74) is 0.234. The van der Waals surface area contributed by atoms with E-state index in [9.17, 15) is 4.79 Å². The predicted molar refractivity (Wildman–Crippen MR) is 47.3 cm³/mol. The maximum Gasteiger partial charge on any atom is 0.214 e. The highest BCUT2D eigenvalue weighted by Crippen LogP contribution is 2.39. The SMILES string of the molecule is O=CC1OCC2(CCCCC2)CO1. The Hall–Kier alpha value is -0.410. The lowest BCUT2D eigenvalue weighted by Crippen LogP contribution is -2.43. The smallest absolute Gasteiger partial charge is 0.214 e. The van der Waals surface area contributed by atoms with Crippen molar-refractivity contribution in [2.45, 2.75) is 38.4 Å². The van der Waals surface area contributed by atoms with Crippen LogP contribution >= 0.6 is 0 Å². The molecule has 0 radical (unpaired) electrons. The van der Waals surface area contributed by atoms with Crippen molar-refractivity contribution in [1.29, 1.82) is 0 Å². The third kappa shape index (κ3) is 1.92. The van der Waals surface area contributed by atoms with Crippen LogP contribution in [0.2, 0.25) is 0 Å². The monoisotopic (exact) mass is 184 g/mol. The molecule has 1 saturated heterocycles. The molecule has 2 rings (SSSR count). The van der Waals surface area contributed by atoms with Gasteiger partial charge in [0.05, 0.1) is 13.2 Å². The highest BCUT2D eigenvalue weighted by molar-refractivity contribution is 5.53. The first-order valence-electron chi connectivity index (χ1n) is 5.03. The Bertz CT molecular complexity index is 175. The summed E-state index contributed by atoms with van der Waals surface area (Å²) in [6, 6.07) is 0. The number of ether oxygens (including phenoxy) is 2. The van der Waals surface area contributed by atoms with Crippen LogP contribution in [0.1, 0.15) is 32.1 Å². The van der Waals surface area contributed by atoms with Crippen LogP contribution in [0, 0.1) is 5.41 Å². The second-order valence-electron chi connectivity index (χ2n) is 4.19. The fourth-order valence-corrected chi connectivity index (χ4v) is 2.28. The van der Waals surface area contributed by atoms with E-state index in [4.69, 9.17) is 9.47 Å². The summed E-state index contributed by atoms with van der Waals surface area (Å²) in [6.07, 6.45) is 6.40. The average Bonchev–Trinajstić information content (AvgIpc) is 2.20. The van der Waals surface area contributed by atoms with Crippen LogP contribution in [-0.4, -0.2) is 25.8 Å². The van der Waals surface area contributed by atoms with Crippen LogP contribution in [0.5, 0.6) is 0 Å². The van der Waals surface area contributed by atoms with Gasteiger partial charge in [-0.05, 0) is 12.8 Å². The van der Waals surface area contributed by atoms with Crippen molar-refractivity contribution in [3.05, 3.63) is 0 Å². The first-order valence-corrected chi connectivity index (χ1v) is 5.03. The molecule has 1 spiro atoms. The van der Waals surface area contributed by atoms with Crippen molar-refractivity contribution in [3.63, 3.8) is 0 Å². The minimum Gasteiger partial charge on any atom is -0.346 e. The molecule has 3 nitrogen and oxygen atoms in total. The van der Waals surface area contributed by atoms with Gasteiger partial charge in [-0.15, -0.1) is 0 Å². The molecule has 0 atom stereocenters. The topological polar surface area (TPSA) is 35.5 Å². The van der Waals surface area contributed by atoms with E-state index < -0.39 is 6.29 Å². The molecular weight excluding hydrogens is 168 g/mol. The Morgan fingerprint density at radius 3 is 2.23 bits per heavy atom. The Balaban J connectivity index is 1.91. The molecule has 3 heteroatoms. The second kappa shape index (κ2) is 3.76. The van der Waals surface area contributed by atoms with Crippen molar-refractivity contribution in [2.75, 3.05) is 13.2 Å². The van der Waals surface area contributed by atoms with Gasteiger partial charge in [-0.25, -0.2) is 0 Å². The van der Waals surface area contributed by atoms with E-state index in [0.29, 0.717) is 13.2 Å². The first kappa shape index (κ1) is 9.16. The fraction of sp³-hybridized carbons (Fsp3) is 0.900. The molecule has 1 aliphatic heterocycles. The first-order chi connectivity index (χ1) is 6.35. The zero-order chi connectivity index (χ0) is 9.15. The number of hydrogen-bond acceptors (Lipinski definition) is 3. The molecule has 0 aromatic carbocycles. The third-order valence-corrected chi connectivity index (χ3v) is 3.13. The van der Waals surface area contributed by atoms with Gasteiger partial charge in [-0.1, -0.05) is 19.3 Å². The summed E-state index contributed by atoms with van der Waals surface area (Å²) in [7, 11) is 0. The summed E-state index contributed by atoms with van der Waals surface area (Å²) in [5.74, 6) is 0. The molecule has 2 aliphatic rings. The molecule has 0 N–H and O–H groups in total. The van der Waals surface area contributed by atoms with Crippen LogP contribution in [0.25, 0.3) is 0 Å². The van der Waals surface area contributed by atoms with Crippen molar-refractivity contribution >= 4 is 6.29 Å². The van der Waals surface area contributed by atoms with Gasteiger partial charge in [0.2, 0.25) is 6.29 Å². The van der Waals surface area contributed by atoms with Crippen LogP contribution in [0.15, 0.2) is 0 Å². The zero-order valence-corrected chi connectivity index (χ0v) is 7.83. The van der Waals surface area contributed by atoms with Crippen LogP contribution in [0.4, 0.5) is 0 Å². The molecule has 0 amide bonds. The predicted octanol–water partition coefficient (Wildman–Crippen LogP) is 1.51. The number of hydrogen-bond donors (Lipinski definition) is 0. The van der Waals surface area contributed by atoms with E-state index in [2.05, 4.69) is 0 Å². The Kier molecular flexibility index (Phi) is 2.65. The van der Waals surface area contributed by atoms with E-state index >= 15 is 0 Å². The quantitative estimate of drug-likeness (QED) is 0.579. The molecule has 0 bridgehead atoms. The van der Waals surface area contributed by atoms with E-state index in [1.165, 1.54) is 32.1 Å². The lowest BCUT2D eigenvalue weighted by atomic mass is 9.75. The number of aldehydes is 1. The van der Waals surface area contributed by atoms with Gasteiger partial charge in [-0.2, -0.15) is 0 Å². The molecular formula is C10H16O3. The Morgan fingerprint density at radius 1 is 1.08 bits per heavy atom. The summed E-state index contributed by atoms with van der Waals surface area (Å²) in [4.78, 5) is 10.4. The maximum absolute atomic E-state index is 10.4. The summed E-state index contributed by atoms with van der Waals surface area (Å²) in [6.45, 7) is 1.41. The molecule has 1 saturated carbocycles. The van der Waals surface area contributed by atoms with E-state index in [1.807, 2.05) is 0 Å². The van der Waals surface area contributed by atoms with Gasteiger partial charge < -0.3 is 9.47 Å². The summed E-state index contributed by atoms with van der Waals surface area (Å²) in [5, 5.41) is 0. The molecule has 0 aromatic heterocycles. The third-order valence-electron chi connectivity index (χ3n) is 3.13. The highest BCUT2D eigenvalue weighted by Gasteiger charge is 2.37. The minimum absolute atomic E-state index is 0.234. The van der Waals surface area contributed by atoms with Crippen LogP contribution < -0.4 is 0 Å². The summed E-state index contributed by atoms with van der Waals surface area (Å²) >= 11 is 0. The van der Waals surface area contributed by atoms with E-state index in [-0.39, 0.29) is 5.41 Å². The second-order valence-corrected chi connectivity index (χ2v) is 4.19. The number of carbonyl (C=O) groups is 1. The zero-order valence-electron chi connectivity index (χ0n) is 7.83.